The van der Waals surface area contributed by atoms with E-state index in [1.807, 2.05) is 19.1 Å². The first kappa shape index (κ1) is 21.6. The molecular formula is C23H15Cl2FN4O2. The Labute approximate surface area is 193 Å². The van der Waals surface area contributed by atoms with Crippen LogP contribution in [-0.4, -0.2) is 10.2 Å². The van der Waals surface area contributed by atoms with Crippen LogP contribution in [0.4, 0.5) is 10.1 Å². The number of nitrogens with two attached hydrogens (primary N) is 1. The Morgan fingerprint density at radius 2 is 1.94 bits per heavy atom. The predicted octanol–water partition coefficient (Wildman–Crippen LogP) is 6.33. The third kappa shape index (κ3) is 4.52. The summed E-state index contributed by atoms with van der Waals surface area (Å²) in [6.45, 7) is 1.90. The van der Waals surface area contributed by atoms with E-state index in [1.165, 1.54) is 30.3 Å². The van der Waals surface area contributed by atoms with Crippen LogP contribution < -0.4 is 10.5 Å². The van der Waals surface area contributed by atoms with Gasteiger partial charge in [-0.15, -0.1) is 10.2 Å². The third-order valence-corrected chi connectivity index (χ3v) is 5.17. The van der Waals surface area contributed by atoms with Gasteiger partial charge in [0.05, 0.1) is 23.1 Å². The van der Waals surface area contributed by atoms with Gasteiger partial charge < -0.3 is 14.9 Å². The summed E-state index contributed by atoms with van der Waals surface area (Å²) >= 11 is 12.2. The van der Waals surface area contributed by atoms with E-state index in [-0.39, 0.29) is 45.0 Å². The van der Waals surface area contributed by atoms with Gasteiger partial charge in [0.25, 0.3) is 0 Å². The summed E-state index contributed by atoms with van der Waals surface area (Å²) in [5.74, 6) is -0.191. The molecule has 3 aromatic carbocycles. The third-order valence-electron chi connectivity index (χ3n) is 4.65. The maximum absolute atomic E-state index is 15.2. The van der Waals surface area contributed by atoms with E-state index < -0.39 is 5.82 Å². The lowest BCUT2D eigenvalue weighted by Gasteiger charge is -2.12. The number of anilines is 1. The van der Waals surface area contributed by atoms with Gasteiger partial charge in [0.1, 0.15) is 5.75 Å². The summed E-state index contributed by atoms with van der Waals surface area (Å²) in [5.41, 5.74) is 8.55. The number of hydrogen-bond acceptors (Lipinski definition) is 6. The van der Waals surface area contributed by atoms with Crippen LogP contribution in [-0.2, 0) is 6.42 Å². The van der Waals surface area contributed by atoms with Gasteiger partial charge in [-0.3, -0.25) is 0 Å². The summed E-state index contributed by atoms with van der Waals surface area (Å²) in [7, 11) is 0. The highest BCUT2D eigenvalue weighted by molar-refractivity contribution is 6.32. The van der Waals surface area contributed by atoms with Crippen molar-refractivity contribution in [1.29, 1.82) is 5.26 Å². The number of rotatable bonds is 5. The fraction of sp³-hybridized carbons (Fsp3) is 0.0870. The summed E-state index contributed by atoms with van der Waals surface area (Å²) < 4.78 is 26.6. The quantitative estimate of drug-likeness (QED) is 0.343. The lowest BCUT2D eigenvalue weighted by Crippen LogP contribution is -1.98. The molecule has 0 spiro atoms. The largest absolute Gasteiger partial charge is 0.453 e. The first-order valence-electron chi connectivity index (χ1n) is 9.38. The van der Waals surface area contributed by atoms with Crippen molar-refractivity contribution < 1.29 is 13.5 Å². The van der Waals surface area contributed by atoms with Crippen LogP contribution >= 0.6 is 23.2 Å². The van der Waals surface area contributed by atoms with E-state index in [9.17, 15) is 0 Å². The molecule has 9 heteroatoms. The van der Waals surface area contributed by atoms with Gasteiger partial charge in [-0.2, -0.15) is 5.26 Å². The van der Waals surface area contributed by atoms with Gasteiger partial charge in [-0.1, -0.05) is 35.3 Å². The highest BCUT2D eigenvalue weighted by Gasteiger charge is 2.19. The van der Waals surface area contributed by atoms with Gasteiger partial charge >= 0.3 is 0 Å². The van der Waals surface area contributed by atoms with Crippen LogP contribution in [0.1, 0.15) is 22.6 Å². The summed E-state index contributed by atoms with van der Waals surface area (Å²) in [6, 6.07) is 14.7. The zero-order valence-electron chi connectivity index (χ0n) is 16.7. The lowest BCUT2D eigenvalue weighted by atomic mass is 10.1. The maximum atomic E-state index is 15.2. The molecule has 0 bridgehead atoms. The molecule has 1 heterocycles. The molecule has 32 heavy (non-hydrogen) atoms. The molecule has 0 amide bonds. The summed E-state index contributed by atoms with van der Waals surface area (Å²) in [4.78, 5) is 0. The smallest absolute Gasteiger partial charge is 0.248 e. The normalized spacial score (nSPS) is 10.7. The Balaban J connectivity index is 1.63. The van der Waals surface area contributed by atoms with Gasteiger partial charge in [0, 0.05) is 21.8 Å². The van der Waals surface area contributed by atoms with Crippen LogP contribution in [0.3, 0.4) is 0 Å². The first-order valence-corrected chi connectivity index (χ1v) is 10.1. The molecule has 0 unspecified atom stereocenters. The van der Waals surface area contributed by atoms with Gasteiger partial charge in [-0.25, -0.2) is 4.39 Å². The van der Waals surface area contributed by atoms with Crippen molar-refractivity contribution >= 4 is 28.9 Å². The molecule has 160 valence electrons. The van der Waals surface area contributed by atoms with E-state index >= 15 is 4.39 Å². The second kappa shape index (κ2) is 8.87. The summed E-state index contributed by atoms with van der Waals surface area (Å²) in [6.07, 6.45) is 0.0206. The number of nitrogen functional groups attached to an aromatic ring is 1. The number of nitrogens with zero attached hydrogens (tertiary/aromatic N) is 3. The number of benzene rings is 3. The van der Waals surface area contributed by atoms with Crippen molar-refractivity contribution in [2.75, 3.05) is 5.73 Å². The molecule has 0 radical (unpaired) electrons. The highest BCUT2D eigenvalue weighted by atomic mass is 35.5. The van der Waals surface area contributed by atoms with E-state index in [0.717, 1.165) is 5.56 Å². The zero-order valence-corrected chi connectivity index (χ0v) is 18.2. The maximum Gasteiger partial charge on any atom is 0.248 e. The first-order chi connectivity index (χ1) is 15.3. The minimum atomic E-state index is -0.684. The van der Waals surface area contributed by atoms with Crippen molar-refractivity contribution in [3.63, 3.8) is 0 Å². The molecule has 1 aromatic heterocycles. The Kier molecular flexibility index (Phi) is 5.99. The highest BCUT2D eigenvalue weighted by Crippen LogP contribution is 2.36. The number of halogens is 3. The van der Waals surface area contributed by atoms with Crippen molar-refractivity contribution in [2.24, 2.45) is 0 Å². The Bertz CT molecular complexity index is 1360. The lowest BCUT2D eigenvalue weighted by molar-refractivity contribution is 0.437. The van der Waals surface area contributed by atoms with E-state index in [1.54, 1.807) is 12.1 Å². The van der Waals surface area contributed by atoms with Crippen molar-refractivity contribution in [3.8, 4) is 29.0 Å². The van der Waals surface area contributed by atoms with E-state index in [4.69, 9.17) is 43.4 Å². The summed E-state index contributed by atoms with van der Waals surface area (Å²) in [5, 5.41) is 17.5. The number of nitriles is 1. The van der Waals surface area contributed by atoms with Crippen LogP contribution in [0.25, 0.3) is 11.5 Å². The molecule has 4 rings (SSSR count). The van der Waals surface area contributed by atoms with Crippen molar-refractivity contribution in [3.05, 3.63) is 87.0 Å². The van der Waals surface area contributed by atoms with Gasteiger partial charge in [-0.05, 0) is 48.9 Å². The number of ether oxygens (including phenoxy) is 1. The van der Waals surface area contributed by atoms with Crippen molar-refractivity contribution in [1.82, 2.24) is 10.2 Å². The Morgan fingerprint density at radius 1 is 1.12 bits per heavy atom. The topological polar surface area (TPSA) is 98.0 Å². The molecule has 0 atom stereocenters. The number of hydrogen-bond donors (Lipinski definition) is 1. The molecule has 0 aliphatic rings. The molecule has 6 nitrogen and oxygen atoms in total. The second-order valence-electron chi connectivity index (χ2n) is 6.99. The zero-order chi connectivity index (χ0) is 22.8. The molecule has 0 fully saturated rings. The van der Waals surface area contributed by atoms with Crippen LogP contribution in [0.15, 0.2) is 52.9 Å². The van der Waals surface area contributed by atoms with Crippen LogP contribution in [0.2, 0.25) is 10.0 Å². The molecule has 0 aliphatic heterocycles. The van der Waals surface area contributed by atoms with E-state index in [0.29, 0.717) is 17.1 Å². The molecule has 0 saturated heterocycles. The Morgan fingerprint density at radius 3 is 2.72 bits per heavy atom. The SMILES string of the molecule is Cc1ccc(N)cc1-c1nnc(Cc2ccc(Cl)c(Oc3cc(Cl)cc(C#N)c3)c2F)o1. The molecule has 0 aliphatic carbocycles. The second-order valence-corrected chi connectivity index (χ2v) is 7.83. The fourth-order valence-corrected chi connectivity index (χ4v) is 3.48. The van der Waals surface area contributed by atoms with E-state index in [2.05, 4.69) is 10.2 Å². The van der Waals surface area contributed by atoms with Crippen molar-refractivity contribution in [2.45, 2.75) is 13.3 Å². The monoisotopic (exact) mass is 468 g/mol. The molecule has 4 aromatic rings. The van der Waals surface area contributed by atoms with Gasteiger partial charge in [0.2, 0.25) is 11.8 Å². The molecular weight excluding hydrogens is 454 g/mol. The number of aromatic nitrogens is 2. The fourth-order valence-electron chi connectivity index (χ4n) is 3.07. The average Bonchev–Trinajstić information content (AvgIpc) is 3.23. The number of aryl methyl sites for hydroxylation is 1. The minimum absolute atomic E-state index is 0.0206. The van der Waals surface area contributed by atoms with Gasteiger partial charge in [0.15, 0.2) is 11.6 Å². The minimum Gasteiger partial charge on any atom is -0.453 e. The van der Waals surface area contributed by atoms with Crippen LogP contribution in [0.5, 0.6) is 11.5 Å². The standard InChI is InChI=1S/C23H15Cl2FN4O2/c1-12-2-4-16(28)10-18(12)23-30-29-20(32-23)8-14-3-5-19(25)22(21(14)26)31-17-7-13(11-27)6-15(24)9-17/h2-7,9-10H,8,28H2,1H3. The van der Waals surface area contributed by atoms with Crippen LogP contribution in [0, 0.1) is 24.1 Å². The Hall–Kier alpha value is -3.60. The average molecular weight is 469 g/mol. The molecule has 2 N–H and O–H groups in total. The molecule has 0 saturated carbocycles. The predicted molar refractivity (Wildman–Crippen MR) is 119 cm³/mol.